The first-order chi connectivity index (χ1) is 11.1. The van der Waals surface area contributed by atoms with Gasteiger partial charge in [0.1, 0.15) is 0 Å². The molecule has 0 aliphatic carbocycles. The van der Waals surface area contributed by atoms with Crippen molar-refractivity contribution in [3.63, 3.8) is 0 Å². The molecule has 1 aromatic carbocycles. The van der Waals surface area contributed by atoms with Crippen LogP contribution in [0, 0.1) is 11.8 Å². The van der Waals surface area contributed by atoms with Crippen LogP contribution in [0.2, 0.25) is 0 Å². The molecule has 0 saturated carbocycles. The molecule has 2 fully saturated rings. The van der Waals surface area contributed by atoms with Gasteiger partial charge in [-0.05, 0) is 50.0 Å². The fraction of sp³-hybridized carbons (Fsp3) is 0.556. The predicted octanol–water partition coefficient (Wildman–Crippen LogP) is 2.27. The number of nitrogens with zero attached hydrogens (tertiary/aromatic N) is 1. The van der Waals surface area contributed by atoms with Crippen molar-refractivity contribution in [2.75, 3.05) is 24.5 Å². The van der Waals surface area contributed by atoms with Crippen LogP contribution >= 0.6 is 12.4 Å². The summed E-state index contributed by atoms with van der Waals surface area (Å²) < 4.78 is 0. The highest BCUT2D eigenvalue weighted by atomic mass is 35.5. The molecule has 0 radical (unpaired) electrons. The van der Waals surface area contributed by atoms with Gasteiger partial charge in [0.2, 0.25) is 11.8 Å². The molecule has 2 heterocycles. The lowest BCUT2D eigenvalue weighted by atomic mass is 9.88. The molecule has 2 aliphatic heterocycles. The highest BCUT2D eigenvalue weighted by Crippen LogP contribution is 2.25. The number of benzene rings is 1. The van der Waals surface area contributed by atoms with Crippen molar-refractivity contribution in [3.8, 4) is 0 Å². The van der Waals surface area contributed by atoms with Gasteiger partial charge in [0.25, 0.3) is 0 Å². The first-order valence-electron chi connectivity index (χ1n) is 8.47. The van der Waals surface area contributed by atoms with E-state index in [1.165, 1.54) is 0 Å². The van der Waals surface area contributed by atoms with Gasteiger partial charge in [-0.25, -0.2) is 0 Å². The molecule has 6 heteroatoms. The Bertz CT molecular complexity index is 604. The van der Waals surface area contributed by atoms with Crippen LogP contribution in [-0.4, -0.2) is 31.4 Å². The van der Waals surface area contributed by atoms with Crippen molar-refractivity contribution in [2.24, 2.45) is 11.8 Å². The smallest absolute Gasteiger partial charge is 0.227 e. The zero-order chi connectivity index (χ0) is 16.4. The third-order valence-corrected chi connectivity index (χ3v) is 5.05. The number of nitrogens with one attached hydrogen (secondary N) is 2. The van der Waals surface area contributed by atoms with E-state index in [-0.39, 0.29) is 36.2 Å². The van der Waals surface area contributed by atoms with E-state index < -0.39 is 0 Å². The number of carbonyl (C=O) groups is 2. The maximum absolute atomic E-state index is 12.4. The molecule has 2 unspecified atom stereocenters. The second-order valence-electron chi connectivity index (χ2n) is 6.68. The summed E-state index contributed by atoms with van der Waals surface area (Å²) in [6, 6.07) is 7.88. The minimum atomic E-state index is -0.0596. The van der Waals surface area contributed by atoms with Crippen LogP contribution in [0.25, 0.3) is 0 Å². The van der Waals surface area contributed by atoms with Crippen molar-refractivity contribution >= 4 is 29.9 Å². The summed E-state index contributed by atoms with van der Waals surface area (Å²) in [6.07, 6.45) is 1.55. The number of halogens is 1. The van der Waals surface area contributed by atoms with Gasteiger partial charge in [-0.3, -0.25) is 9.59 Å². The molecule has 0 bridgehead atoms. The van der Waals surface area contributed by atoms with Crippen LogP contribution in [-0.2, 0) is 9.59 Å². The minimum absolute atomic E-state index is 0. The Morgan fingerprint density at radius 1 is 1.33 bits per heavy atom. The Morgan fingerprint density at radius 3 is 2.67 bits per heavy atom. The van der Waals surface area contributed by atoms with Crippen LogP contribution < -0.4 is 15.5 Å². The number of anilines is 1. The molecular weight excluding hydrogens is 326 g/mol. The number of hydrogen-bond acceptors (Lipinski definition) is 3. The number of rotatable bonds is 5. The minimum Gasteiger partial charge on any atom is -0.349 e. The zero-order valence-electron chi connectivity index (χ0n) is 14.2. The molecule has 1 aromatic rings. The third-order valence-electron chi connectivity index (χ3n) is 5.05. The highest BCUT2D eigenvalue weighted by molar-refractivity contribution is 5.95. The Kier molecular flexibility index (Phi) is 6.24. The summed E-state index contributed by atoms with van der Waals surface area (Å²) in [6.45, 7) is 6.63. The van der Waals surface area contributed by atoms with E-state index in [9.17, 15) is 9.59 Å². The average molecular weight is 352 g/mol. The van der Waals surface area contributed by atoms with Gasteiger partial charge in [-0.2, -0.15) is 0 Å². The summed E-state index contributed by atoms with van der Waals surface area (Å²) >= 11 is 0. The largest absolute Gasteiger partial charge is 0.349 e. The Hall–Kier alpha value is -1.59. The first kappa shape index (κ1) is 18.7. The van der Waals surface area contributed by atoms with E-state index in [0.29, 0.717) is 12.3 Å². The highest BCUT2D eigenvalue weighted by Gasteiger charge is 2.29. The molecule has 132 valence electrons. The van der Waals surface area contributed by atoms with Crippen LogP contribution in [0.15, 0.2) is 24.3 Å². The number of amides is 2. The quantitative estimate of drug-likeness (QED) is 0.855. The fourth-order valence-corrected chi connectivity index (χ4v) is 3.19. The zero-order valence-corrected chi connectivity index (χ0v) is 15.1. The molecule has 0 spiro atoms. The van der Waals surface area contributed by atoms with Crippen molar-refractivity contribution in [3.05, 3.63) is 29.8 Å². The molecular formula is C18H26ClN3O2. The van der Waals surface area contributed by atoms with E-state index in [0.717, 1.165) is 37.3 Å². The molecule has 2 atom stereocenters. The molecule has 0 aromatic heterocycles. The Labute approximate surface area is 149 Å². The van der Waals surface area contributed by atoms with Crippen LogP contribution in [0.5, 0.6) is 0 Å². The SMILES string of the molecule is CC(NC(=O)C(C)C1CNC1)c1cccc(N2CCCC2=O)c1.Cl. The van der Waals surface area contributed by atoms with Gasteiger partial charge in [0.05, 0.1) is 6.04 Å². The van der Waals surface area contributed by atoms with Crippen LogP contribution in [0.1, 0.15) is 38.3 Å². The summed E-state index contributed by atoms with van der Waals surface area (Å²) in [5.41, 5.74) is 1.97. The van der Waals surface area contributed by atoms with Gasteiger partial charge < -0.3 is 15.5 Å². The third kappa shape index (κ3) is 3.90. The van der Waals surface area contributed by atoms with Crippen molar-refractivity contribution < 1.29 is 9.59 Å². The lowest BCUT2D eigenvalue weighted by Crippen LogP contribution is -2.49. The van der Waals surface area contributed by atoms with E-state index in [4.69, 9.17) is 0 Å². The normalized spacial score (nSPS) is 20.1. The molecule has 2 N–H and O–H groups in total. The van der Waals surface area contributed by atoms with Crippen molar-refractivity contribution in [1.29, 1.82) is 0 Å². The van der Waals surface area contributed by atoms with E-state index in [1.54, 1.807) is 0 Å². The van der Waals surface area contributed by atoms with Gasteiger partial charge in [-0.1, -0.05) is 19.1 Å². The maximum Gasteiger partial charge on any atom is 0.227 e. The number of hydrogen-bond donors (Lipinski definition) is 2. The first-order valence-corrected chi connectivity index (χ1v) is 8.47. The second kappa shape index (κ2) is 7.99. The fourth-order valence-electron chi connectivity index (χ4n) is 3.19. The monoisotopic (exact) mass is 351 g/mol. The van der Waals surface area contributed by atoms with Gasteiger partial charge in [0, 0.05) is 24.6 Å². The molecule has 5 nitrogen and oxygen atoms in total. The summed E-state index contributed by atoms with van der Waals surface area (Å²) in [5.74, 6) is 0.759. The van der Waals surface area contributed by atoms with Gasteiger partial charge in [-0.15, -0.1) is 12.4 Å². The lowest BCUT2D eigenvalue weighted by molar-refractivity contribution is -0.127. The van der Waals surface area contributed by atoms with Gasteiger partial charge >= 0.3 is 0 Å². The van der Waals surface area contributed by atoms with Gasteiger partial charge in [0.15, 0.2) is 0 Å². The molecule has 2 aliphatic rings. The standard InChI is InChI=1S/C18H25N3O2.ClH/c1-12(15-10-19-11-15)18(23)20-13(2)14-5-3-6-16(9-14)21-8-4-7-17(21)22;/h3,5-6,9,12-13,15,19H,4,7-8,10-11H2,1-2H3,(H,20,23);1H. The van der Waals surface area contributed by atoms with E-state index in [1.807, 2.05) is 43.0 Å². The Morgan fingerprint density at radius 2 is 2.08 bits per heavy atom. The van der Waals surface area contributed by atoms with Crippen molar-refractivity contribution in [2.45, 2.75) is 32.7 Å². The average Bonchev–Trinajstić information content (AvgIpc) is 2.91. The molecule has 24 heavy (non-hydrogen) atoms. The summed E-state index contributed by atoms with van der Waals surface area (Å²) in [7, 11) is 0. The summed E-state index contributed by atoms with van der Waals surface area (Å²) in [5, 5.41) is 6.31. The molecule has 2 amide bonds. The van der Waals surface area contributed by atoms with E-state index >= 15 is 0 Å². The van der Waals surface area contributed by atoms with Crippen LogP contribution in [0.4, 0.5) is 5.69 Å². The maximum atomic E-state index is 12.4. The molecule has 2 saturated heterocycles. The predicted molar refractivity (Wildman–Crippen MR) is 97.4 cm³/mol. The number of carbonyl (C=O) groups excluding carboxylic acids is 2. The molecule has 3 rings (SSSR count). The summed E-state index contributed by atoms with van der Waals surface area (Å²) in [4.78, 5) is 26.1. The van der Waals surface area contributed by atoms with E-state index in [2.05, 4.69) is 10.6 Å². The van der Waals surface area contributed by atoms with Crippen molar-refractivity contribution in [1.82, 2.24) is 10.6 Å². The second-order valence-corrected chi connectivity index (χ2v) is 6.68. The van der Waals surface area contributed by atoms with Crippen LogP contribution in [0.3, 0.4) is 0 Å². The lowest BCUT2D eigenvalue weighted by Gasteiger charge is -2.32. The Balaban J connectivity index is 0.00000208. The topological polar surface area (TPSA) is 61.4 Å².